The fraction of sp³-hybridized carbons (Fsp3) is 0.200. The van der Waals surface area contributed by atoms with Gasteiger partial charge in [0.05, 0.1) is 0 Å². The van der Waals surface area contributed by atoms with Gasteiger partial charge in [0.15, 0.2) is 0 Å². The number of aromatic nitrogens is 1. The van der Waals surface area contributed by atoms with E-state index in [1.807, 2.05) is 18.2 Å². The normalized spacial score (nSPS) is 10.5. The minimum absolute atomic E-state index is 0.155. The van der Waals surface area contributed by atoms with Crippen LogP contribution in [0.5, 0.6) is 0 Å². The molecule has 0 saturated heterocycles. The van der Waals surface area contributed by atoms with E-state index in [1.54, 1.807) is 13.2 Å². The second-order valence-corrected chi connectivity index (χ2v) is 3.09. The molecule has 0 radical (unpaired) electrons. The number of Topliss-reactive ketones (excluding diaryl/α,β-unsaturated/α-hetero) is 1. The first-order valence-electron chi connectivity index (χ1n) is 4.08. The lowest BCUT2D eigenvalue weighted by atomic mass is 10.1. The van der Waals surface area contributed by atoms with E-state index in [4.69, 9.17) is 4.52 Å². The van der Waals surface area contributed by atoms with Gasteiger partial charge in [0.1, 0.15) is 17.6 Å². The van der Waals surface area contributed by atoms with E-state index in [0.717, 1.165) is 16.5 Å². The van der Waals surface area contributed by atoms with Crippen molar-refractivity contribution in [2.45, 2.75) is 13.3 Å². The maximum atomic E-state index is 10.8. The zero-order valence-electron chi connectivity index (χ0n) is 7.28. The highest BCUT2D eigenvalue weighted by Gasteiger charge is 2.01. The van der Waals surface area contributed by atoms with Crippen LogP contribution in [0.4, 0.5) is 0 Å². The van der Waals surface area contributed by atoms with Crippen molar-refractivity contribution < 1.29 is 9.32 Å². The zero-order valence-corrected chi connectivity index (χ0v) is 7.28. The van der Waals surface area contributed by atoms with E-state index in [0.29, 0.717) is 6.42 Å². The SMILES string of the molecule is CC(=O)Cc1ccc2conc2c1. The topological polar surface area (TPSA) is 43.1 Å². The van der Waals surface area contributed by atoms with Gasteiger partial charge in [-0.1, -0.05) is 11.2 Å². The smallest absolute Gasteiger partial charge is 0.134 e. The van der Waals surface area contributed by atoms with Crippen LogP contribution in [0.15, 0.2) is 29.0 Å². The molecule has 3 nitrogen and oxygen atoms in total. The second-order valence-electron chi connectivity index (χ2n) is 3.09. The lowest BCUT2D eigenvalue weighted by Gasteiger charge is -1.95. The number of carbonyl (C=O) groups is 1. The van der Waals surface area contributed by atoms with E-state index in [2.05, 4.69) is 5.16 Å². The van der Waals surface area contributed by atoms with Crippen LogP contribution in [-0.4, -0.2) is 10.9 Å². The maximum Gasteiger partial charge on any atom is 0.134 e. The Morgan fingerprint density at radius 3 is 3.15 bits per heavy atom. The van der Waals surface area contributed by atoms with Crippen LogP contribution in [0.1, 0.15) is 12.5 Å². The predicted octanol–water partition coefficient (Wildman–Crippen LogP) is 1.96. The van der Waals surface area contributed by atoms with Crippen LogP contribution in [0.2, 0.25) is 0 Å². The highest BCUT2D eigenvalue weighted by molar-refractivity contribution is 5.82. The summed E-state index contributed by atoms with van der Waals surface area (Å²) in [5.41, 5.74) is 1.78. The Hall–Kier alpha value is -1.64. The van der Waals surface area contributed by atoms with E-state index in [-0.39, 0.29) is 5.78 Å². The van der Waals surface area contributed by atoms with E-state index in [9.17, 15) is 4.79 Å². The molecule has 0 atom stereocenters. The quantitative estimate of drug-likeness (QED) is 0.700. The summed E-state index contributed by atoms with van der Waals surface area (Å²) in [6.07, 6.45) is 2.05. The number of fused-ring (bicyclic) bond motifs is 1. The van der Waals surface area contributed by atoms with Gasteiger partial charge in [-0.15, -0.1) is 0 Å². The highest BCUT2D eigenvalue weighted by atomic mass is 16.5. The molecule has 0 amide bonds. The molecule has 0 aliphatic rings. The van der Waals surface area contributed by atoms with Crippen LogP contribution in [0.25, 0.3) is 10.9 Å². The molecule has 0 saturated carbocycles. The Morgan fingerprint density at radius 1 is 1.54 bits per heavy atom. The summed E-state index contributed by atoms with van der Waals surface area (Å²) in [6.45, 7) is 1.58. The van der Waals surface area contributed by atoms with Gasteiger partial charge in [-0.2, -0.15) is 0 Å². The summed E-state index contributed by atoms with van der Waals surface area (Å²) >= 11 is 0. The van der Waals surface area contributed by atoms with Crippen molar-refractivity contribution in [3.05, 3.63) is 30.0 Å². The van der Waals surface area contributed by atoms with Crippen molar-refractivity contribution in [3.8, 4) is 0 Å². The minimum atomic E-state index is 0.155. The van der Waals surface area contributed by atoms with Crippen LogP contribution in [-0.2, 0) is 11.2 Å². The van der Waals surface area contributed by atoms with Gasteiger partial charge >= 0.3 is 0 Å². The lowest BCUT2D eigenvalue weighted by molar-refractivity contribution is -0.116. The van der Waals surface area contributed by atoms with Gasteiger partial charge in [0.2, 0.25) is 0 Å². The molecule has 1 aromatic heterocycles. The van der Waals surface area contributed by atoms with Crippen LogP contribution >= 0.6 is 0 Å². The lowest BCUT2D eigenvalue weighted by Crippen LogP contribution is -1.95. The molecule has 1 heterocycles. The summed E-state index contributed by atoms with van der Waals surface area (Å²) in [5, 5.41) is 4.77. The Balaban J connectivity index is 2.42. The molecule has 3 heteroatoms. The van der Waals surface area contributed by atoms with Crippen LogP contribution in [0.3, 0.4) is 0 Å². The van der Waals surface area contributed by atoms with Crippen molar-refractivity contribution >= 4 is 16.7 Å². The number of nitrogens with zero attached hydrogens (tertiary/aromatic N) is 1. The van der Waals surface area contributed by atoms with Gasteiger partial charge in [-0.05, 0) is 24.6 Å². The molecule has 0 aliphatic carbocycles. The first-order valence-corrected chi connectivity index (χ1v) is 4.08. The number of hydrogen-bond donors (Lipinski definition) is 0. The third kappa shape index (κ3) is 1.59. The van der Waals surface area contributed by atoms with E-state index < -0.39 is 0 Å². The molecule has 0 aliphatic heterocycles. The Bertz CT molecular complexity index is 445. The van der Waals surface area contributed by atoms with Gasteiger partial charge < -0.3 is 4.52 Å². The summed E-state index contributed by atoms with van der Waals surface area (Å²) in [5.74, 6) is 0.155. The average Bonchev–Trinajstić information content (AvgIpc) is 2.49. The van der Waals surface area contributed by atoms with Gasteiger partial charge in [-0.3, -0.25) is 4.79 Å². The molecular formula is C10H9NO2. The number of benzene rings is 1. The van der Waals surface area contributed by atoms with Gasteiger partial charge in [0, 0.05) is 11.8 Å². The van der Waals surface area contributed by atoms with Crippen molar-refractivity contribution in [2.75, 3.05) is 0 Å². The second kappa shape index (κ2) is 3.01. The molecular weight excluding hydrogens is 166 g/mol. The van der Waals surface area contributed by atoms with Crippen molar-refractivity contribution in [2.24, 2.45) is 0 Å². The third-order valence-electron chi connectivity index (χ3n) is 1.88. The number of carbonyl (C=O) groups excluding carboxylic acids is 1. The number of ketones is 1. The summed E-state index contributed by atoms with van der Waals surface area (Å²) in [4.78, 5) is 10.8. The molecule has 13 heavy (non-hydrogen) atoms. The highest BCUT2D eigenvalue weighted by Crippen LogP contribution is 2.14. The average molecular weight is 175 g/mol. The van der Waals surface area contributed by atoms with E-state index >= 15 is 0 Å². The summed E-state index contributed by atoms with van der Waals surface area (Å²) in [7, 11) is 0. The first-order chi connectivity index (χ1) is 6.25. The Labute approximate surface area is 75.3 Å². The molecule has 2 aromatic rings. The number of rotatable bonds is 2. The summed E-state index contributed by atoms with van der Waals surface area (Å²) in [6, 6.07) is 5.70. The van der Waals surface area contributed by atoms with Gasteiger partial charge in [0.25, 0.3) is 0 Å². The molecule has 0 fully saturated rings. The molecule has 2 rings (SSSR count). The molecule has 66 valence electrons. The molecule has 0 unspecified atom stereocenters. The van der Waals surface area contributed by atoms with Crippen LogP contribution < -0.4 is 0 Å². The largest absolute Gasteiger partial charge is 0.364 e. The maximum absolute atomic E-state index is 10.8. The predicted molar refractivity (Wildman–Crippen MR) is 48.4 cm³/mol. The third-order valence-corrected chi connectivity index (χ3v) is 1.88. The van der Waals surface area contributed by atoms with E-state index in [1.165, 1.54) is 0 Å². The van der Waals surface area contributed by atoms with Crippen molar-refractivity contribution in [3.63, 3.8) is 0 Å². The molecule has 0 bridgehead atoms. The van der Waals surface area contributed by atoms with Crippen molar-refractivity contribution in [1.82, 2.24) is 5.16 Å². The first kappa shape index (κ1) is 7.98. The number of hydrogen-bond acceptors (Lipinski definition) is 3. The summed E-state index contributed by atoms with van der Waals surface area (Å²) < 4.78 is 4.79. The van der Waals surface area contributed by atoms with Gasteiger partial charge in [-0.25, -0.2) is 0 Å². The van der Waals surface area contributed by atoms with Crippen LogP contribution in [0, 0.1) is 0 Å². The zero-order chi connectivity index (χ0) is 9.26. The Kier molecular flexibility index (Phi) is 1.85. The minimum Gasteiger partial charge on any atom is -0.364 e. The Morgan fingerprint density at radius 2 is 2.38 bits per heavy atom. The molecule has 1 aromatic carbocycles. The molecule has 0 spiro atoms. The standard InChI is InChI=1S/C10H9NO2/c1-7(12)4-8-2-3-9-6-13-11-10(9)5-8/h2-3,5-6H,4H2,1H3. The monoisotopic (exact) mass is 175 g/mol. The fourth-order valence-corrected chi connectivity index (χ4v) is 1.31. The fourth-order valence-electron chi connectivity index (χ4n) is 1.31. The van der Waals surface area contributed by atoms with Crippen molar-refractivity contribution in [1.29, 1.82) is 0 Å². The molecule has 0 N–H and O–H groups in total.